The van der Waals surface area contributed by atoms with E-state index in [1.165, 1.54) is 0 Å². The normalized spacial score (nSPS) is 32.1. The standard InChI is InChI=1S/C18H22N2O4/c1-9(2)8-18(17(23)24)13-12(15(21)19-16(13)22)14(20-18)11-6-4-5-10(3)7-11/h4-7,9,12-14,20H,8H2,1-3H3,(H,23,24)(H,19,21,22). The number of rotatable bonds is 4. The highest BCUT2D eigenvalue weighted by Gasteiger charge is 2.66. The fourth-order valence-corrected chi connectivity index (χ4v) is 4.19. The summed E-state index contributed by atoms with van der Waals surface area (Å²) in [5, 5.41) is 15.4. The molecule has 2 amide bonds. The molecule has 24 heavy (non-hydrogen) atoms. The van der Waals surface area contributed by atoms with Crippen LogP contribution in [0.2, 0.25) is 0 Å². The number of aliphatic carboxylic acids is 1. The summed E-state index contributed by atoms with van der Waals surface area (Å²) in [5.41, 5.74) is 0.428. The van der Waals surface area contributed by atoms with E-state index in [-0.39, 0.29) is 12.3 Å². The summed E-state index contributed by atoms with van der Waals surface area (Å²) < 4.78 is 0. The predicted octanol–water partition coefficient (Wildman–Crippen LogP) is 1.40. The first-order valence-corrected chi connectivity index (χ1v) is 8.18. The second kappa shape index (κ2) is 5.70. The number of imide groups is 1. The van der Waals surface area contributed by atoms with Crippen molar-refractivity contribution in [3.8, 4) is 0 Å². The smallest absolute Gasteiger partial charge is 0.324 e. The highest BCUT2D eigenvalue weighted by molar-refractivity contribution is 6.09. The zero-order valence-corrected chi connectivity index (χ0v) is 14.0. The van der Waals surface area contributed by atoms with Gasteiger partial charge in [-0.1, -0.05) is 43.7 Å². The fourth-order valence-electron chi connectivity index (χ4n) is 4.19. The summed E-state index contributed by atoms with van der Waals surface area (Å²) in [6.07, 6.45) is 0.284. The Morgan fingerprint density at radius 1 is 1.29 bits per heavy atom. The van der Waals surface area contributed by atoms with Crippen molar-refractivity contribution in [2.45, 2.75) is 38.8 Å². The highest BCUT2D eigenvalue weighted by atomic mass is 16.4. The number of nitrogens with one attached hydrogen (secondary N) is 2. The minimum atomic E-state index is -1.43. The molecule has 0 saturated carbocycles. The molecule has 1 aromatic rings. The van der Waals surface area contributed by atoms with Crippen LogP contribution in [-0.2, 0) is 14.4 Å². The van der Waals surface area contributed by atoms with Gasteiger partial charge in [0.1, 0.15) is 5.54 Å². The van der Waals surface area contributed by atoms with E-state index in [1.807, 2.05) is 45.0 Å². The van der Waals surface area contributed by atoms with Crippen LogP contribution >= 0.6 is 0 Å². The number of carbonyl (C=O) groups is 3. The Balaban J connectivity index is 2.11. The van der Waals surface area contributed by atoms with Crippen LogP contribution < -0.4 is 10.6 Å². The van der Waals surface area contributed by atoms with Gasteiger partial charge in [0.05, 0.1) is 11.8 Å². The summed E-state index contributed by atoms with van der Waals surface area (Å²) in [6.45, 7) is 5.76. The lowest BCUT2D eigenvalue weighted by atomic mass is 9.75. The number of carbonyl (C=O) groups excluding carboxylic acids is 2. The molecule has 4 unspecified atom stereocenters. The summed E-state index contributed by atoms with van der Waals surface area (Å²) >= 11 is 0. The van der Waals surface area contributed by atoms with Crippen molar-refractivity contribution in [1.82, 2.24) is 10.6 Å². The minimum Gasteiger partial charge on any atom is -0.480 e. The molecule has 2 fully saturated rings. The summed E-state index contributed by atoms with van der Waals surface area (Å²) in [4.78, 5) is 36.9. The van der Waals surface area contributed by atoms with Crippen molar-refractivity contribution in [3.63, 3.8) is 0 Å². The molecule has 128 valence electrons. The number of hydrogen-bond donors (Lipinski definition) is 3. The third-order valence-corrected chi connectivity index (χ3v) is 5.01. The number of carboxylic acid groups (broad SMARTS) is 1. The topological polar surface area (TPSA) is 95.5 Å². The molecule has 0 bridgehead atoms. The van der Waals surface area contributed by atoms with Crippen molar-refractivity contribution in [2.24, 2.45) is 17.8 Å². The largest absolute Gasteiger partial charge is 0.480 e. The van der Waals surface area contributed by atoms with E-state index in [2.05, 4.69) is 10.6 Å². The van der Waals surface area contributed by atoms with Crippen LogP contribution in [0.3, 0.4) is 0 Å². The van der Waals surface area contributed by atoms with Crippen molar-refractivity contribution >= 4 is 17.8 Å². The lowest BCUT2D eigenvalue weighted by molar-refractivity contribution is -0.150. The molecule has 0 radical (unpaired) electrons. The first-order chi connectivity index (χ1) is 11.3. The van der Waals surface area contributed by atoms with Crippen LogP contribution in [0.5, 0.6) is 0 Å². The molecule has 3 N–H and O–H groups in total. The van der Waals surface area contributed by atoms with E-state index in [0.717, 1.165) is 11.1 Å². The Morgan fingerprint density at radius 2 is 2.00 bits per heavy atom. The van der Waals surface area contributed by atoms with Gasteiger partial charge in [0, 0.05) is 6.04 Å². The second-order valence-electron chi connectivity index (χ2n) is 7.27. The molecule has 2 aliphatic heterocycles. The molecule has 6 heteroatoms. The Bertz CT molecular complexity index is 715. The molecule has 2 aliphatic rings. The third kappa shape index (κ3) is 2.41. The number of benzene rings is 1. The average Bonchev–Trinajstić information content (AvgIpc) is 2.97. The van der Waals surface area contributed by atoms with Gasteiger partial charge >= 0.3 is 5.97 Å². The van der Waals surface area contributed by atoms with Gasteiger partial charge in [-0.2, -0.15) is 0 Å². The number of aryl methyl sites for hydroxylation is 1. The molecule has 4 atom stereocenters. The Kier molecular flexibility index (Phi) is 3.95. The summed E-state index contributed by atoms with van der Waals surface area (Å²) in [7, 11) is 0. The molecule has 6 nitrogen and oxygen atoms in total. The Labute approximate surface area is 140 Å². The van der Waals surface area contributed by atoms with Crippen molar-refractivity contribution in [3.05, 3.63) is 35.4 Å². The van der Waals surface area contributed by atoms with Crippen LogP contribution in [0.15, 0.2) is 24.3 Å². The lowest BCUT2D eigenvalue weighted by Gasteiger charge is -2.31. The van der Waals surface area contributed by atoms with Crippen LogP contribution in [0.4, 0.5) is 0 Å². The van der Waals surface area contributed by atoms with Crippen molar-refractivity contribution < 1.29 is 19.5 Å². The molecule has 0 aliphatic carbocycles. The number of carboxylic acids is 1. The van der Waals surface area contributed by atoms with Crippen molar-refractivity contribution in [2.75, 3.05) is 0 Å². The van der Waals surface area contributed by atoms with E-state index in [9.17, 15) is 19.5 Å². The molecule has 0 spiro atoms. The van der Waals surface area contributed by atoms with Gasteiger partial charge in [-0.3, -0.25) is 25.0 Å². The highest BCUT2D eigenvalue weighted by Crippen LogP contribution is 2.48. The molecule has 2 saturated heterocycles. The lowest BCUT2D eigenvalue weighted by Crippen LogP contribution is -2.56. The van der Waals surface area contributed by atoms with Crippen LogP contribution in [0.1, 0.15) is 37.4 Å². The monoisotopic (exact) mass is 330 g/mol. The van der Waals surface area contributed by atoms with Gasteiger partial charge in [-0.05, 0) is 24.8 Å². The van der Waals surface area contributed by atoms with Gasteiger partial charge in [0.15, 0.2) is 0 Å². The predicted molar refractivity (Wildman–Crippen MR) is 87.0 cm³/mol. The van der Waals surface area contributed by atoms with E-state index in [0.29, 0.717) is 0 Å². The summed E-state index contributed by atoms with van der Waals surface area (Å²) in [6, 6.07) is 7.12. The summed E-state index contributed by atoms with van der Waals surface area (Å²) in [5.74, 6) is -3.49. The van der Waals surface area contributed by atoms with Crippen molar-refractivity contribution in [1.29, 1.82) is 0 Å². The molecule has 3 rings (SSSR count). The van der Waals surface area contributed by atoms with E-state index >= 15 is 0 Å². The maximum absolute atomic E-state index is 12.4. The SMILES string of the molecule is Cc1cccc(C2NC(CC(C)C)(C(=O)O)C3C(=O)NC(=O)C23)c1. The number of hydrogen-bond acceptors (Lipinski definition) is 4. The van der Waals surface area contributed by atoms with E-state index < -0.39 is 41.2 Å². The second-order valence-corrected chi connectivity index (χ2v) is 7.27. The maximum atomic E-state index is 12.4. The van der Waals surface area contributed by atoms with Gasteiger partial charge in [-0.25, -0.2) is 0 Å². The zero-order chi connectivity index (χ0) is 17.6. The average molecular weight is 330 g/mol. The van der Waals surface area contributed by atoms with E-state index in [1.54, 1.807) is 0 Å². The fraction of sp³-hybridized carbons (Fsp3) is 0.500. The first-order valence-electron chi connectivity index (χ1n) is 8.18. The third-order valence-electron chi connectivity index (χ3n) is 5.01. The Morgan fingerprint density at radius 3 is 2.58 bits per heavy atom. The maximum Gasteiger partial charge on any atom is 0.324 e. The molecule has 2 heterocycles. The molecular formula is C18H22N2O4. The molecular weight excluding hydrogens is 308 g/mol. The number of amides is 2. The van der Waals surface area contributed by atoms with Gasteiger partial charge in [-0.15, -0.1) is 0 Å². The molecule has 1 aromatic carbocycles. The van der Waals surface area contributed by atoms with Gasteiger partial charge in [0.25, 0.3) is 0 Å². The number of fused-ring (bicyclic) bond motifs is 1. The van der Waals surface area contributed by atoms with Gasteiger partial charge in [0.2, 0.25) is 11.8 Å². The van der Waals surface area contributed by atoms with Crippen LogP contribution in [-0.4, -0.2) is 28.4 Å². The zero-order valence-electron chi connectivity index (χ0n) is 14.0. The molecule has 0 aromatic heterocycles. The Hall–Kier alpha value is -2.21. The van der Waals surface area contributed by atoms with Gasteiger partial charge < -0.3 is 5.11 Å². The quantitative estimate of drug-likeness (QED) is 0.725. The van der Waals surface area contributed by atoms with Crippen LogP contribution in [0, 0.1) is 24.7 Å². The van der Waals surface area contributed by atoms with Crippen LogP contribution in [0.25, 0.3) is 0 Å². The van der Waals surface area contributed by atoms with E-state index in [4.69, 9.17) is 0 Å². The minimum absolute atomic E-state index is 0.0639. The first kappa shape index (κ1) is 16.6.